The van der Waals surface area contributed by atoms with Crippen LogP contribution in [0.2, 0.25) is 0 Å². The van der Waals surface area contributed by atoms with Crippen molar-refractivity contribution >= 4 is 22.4 Å². The highest BCUT2D eigenvalue weighted by Crippen LogP contribution is 2.31. The number of rotatable bonds is 2. The Morgan fingerprint density at radius 3 is 3.23 bits per heavy atom. The number of aryl methyl sites for hydroxylation is 1. The molecule has 0 fully saturated rings. The van der Waals surface area contributed by atoms with Gasteiger partial charge in [-0.25, -0.2) is 0 Å². The molecule has 70 valence electrons. The molecule has 0 radical (unpaired) electrons. The van der Waals surface area contributed by atoms with Gasteiger partial charge >= 0.3 is 0 Å². The van der Waals surface area contributed by atoms with Gasteiger partial charge < -0.3 is 5.32 Å². The molecule has 0 saturated heterocycles. The second kappa shape index (κ2) is 3.46. The molecular weight excluding hydrogens is 184 g/mol. The number of carbonyl (C=O) groups excluding carboxylic acids is 1. The van der Waals surface area contributed by atoms with Crippen LogP contribution in [0.5, 0.6) is 0 Å². The van der Waals surface area contributed by atoms with Crippen molar-refractivity contribution in [2.75, 3.05) is 5.32 Å². The van der Waals surface area contributed by atoms with E-state index in [0.29, 0.717) is 6.42 Å². The molecule has 0 aromatic carbocycles. The maximum absolute atomic E-state index is 11.1. The van der Waals surface area contributed by atoms with Gasteiger partial charge in [-0.1, -0.05) is 6.92 Å². The molecule has 0 spiro atoms. The van der Waals surface area contributed by atoms with Crippen molar-refractivity contribution in [3.8, 4) is 0 Å². The van der Waals surface area contributed by atoms with E-state index in [1.807, 2.05) is 6.92 Å². The lowest BCUT2D eigenvalue weighted by atomic mass is 10.3. The Balaban J connectivity index is 2.17. The summed E-state index contributed by atoms with van der Waals surface area (Å²) in [6.07, 6.45) is 3.87. The maximum Gasteiger partial charge on any atom is 0.224 e. The van der Waals surface area contributed by atoms with E-state index in [2.05, 4.69) is 9.69 Å². The standard InChI is InChI=1S/C9H12N2OS/c1-2-8(12)10-9-6-4-3-5-7(6)11-13-9/h2-5H2,1H3,(H,10,12). The van der Waals surface area contributed by atoms with Crippen molar-refractivity contribution in [2.45, 2.75) is 32.6 Å². The van der Waals surface area contributed by atoms with Gasteiger partial charge in [-0.05, 0) is 30.8 Å². The van der Waals surface area contributed by atoms with Gasteiger partial charge in [-0.15, -0.1) is 0 Å². The molecule has 1 N–H and O–H groups in total. The second-order valence-corrected chi connectivity index (χ2v) is 3.97. The van der Waals surface area contributed by atoms with Crippen molar-refractivity contribution in [3.05, 3.63) is 11.3 Å². The summed E-state index contributed by atoms with van der Waals surface area (Å²) in [4.78, 5) is 11.1. The lowest BCUT2D eigenvalue weighted by Gasteiger charge is -2.00. The van der Waals surface area contributed by atoms with Gasteiger partial charge in [0, 0.05) is 12.0 Å². The predicted octanol–water partition coefficient (Wildman–Crippen LogP) is 1.98. The first-order chi connectivity index (χ1) is 6.31. The molecule has 1 aliphatic rings. The first kappa shape index (κ1) is 8.69. The van der Waals surface area contributed by atoms with E-state index >= 15 is 0 Å². The summed E-state index contributed by atoms with van der Waals surface area (Å²) in [5, 5.41) is 3.86. The molecular formula is C9H12N2OS. The van der Waals surface area contributed by atoms with Gasteiger partial charge in [0.05, 0.1) is 5.69 Å². The van der Waals surface area contributed by atoms with Crippen molar-refractivity contribution in [1.82, 2.24) is 4.37 Å². The van der Waals surface area contributed by atoms with E-state index in [-0.39, 0.29) is 5.91 Å². The highest BCUT2D eigenvalue weighted by molar-refractivity contribution is 7.10. The number of aromatic nitrogens is 1. The summed E-state index contributed by atoms with van der Waals surface area (Å²) in [6.45, 7) is 1.86. The van der Waals surface area contributed by atoms with Crippen LogP contribution in [0.3, 0.4) is 0 Å². The average Bonchev–Trinajstić information content (AvgIpc) is 2.69. The van der Waals surface area contributed by atoms with Crippen LogP contribution < -0.4 is 5.32 Å². The Kier molecular flexibility index (Phi) is 2.31. The molecule has 1 aromatic rings. The molecule has 0 bridgehead atoms. The summed E-state index contributed by atoms with van der Waals surface area (Å²) in [5.41, 5.74) is 2.46. The van der Waals surface area contributed by atoms with E-state index in [1.54, 1.807) is 0 Å². The number of hydrogen-bond acceptors (Lipinski definition) is 3. The van der Waals surface area contributed by atoms with Crippen molar-refractivity contribution < 1.29 is 4.79 Å². The molecule has 0 saturated carbocycles. The third-order valence-corrected chi connectivity index (χ3v) is 3.13. The smallest absolute Gasteiger partial charge is 0.224 e. The fourth-order valence-electron chi connectivity index (χ4n) is 1.54. The zero-order valence-electron chi connectivity index (χ0n) is 7.59. The number of carbonyl (C=O) groups is 1. The summed E-state index contributed by atoms with van der Waals surface area (Å²) in [7, 11) is 0. The topological polar surface area (TPSA) is 42.0 Å². The summed E-state index contributed by atoms with van der Waals surface area (Å²) in [6, 6.07) is 0. The molecule has 0 aliphatic heterocycles. The van der Waals surface area contributed by atoms with Crippen LogP contribution in [0.1, 0.15) is 31.0 Å². The van der Waals surface area contributed by atoms with Crippen LogP contribution in [-0.4, -0.2) is 10.3 Å². The minimum Gasteiger partial charge on any atom is -0.316 e. The zero-order chi connectivity index (χ0) is 9.26. The molecule has 0 unspecified atom stereocenters. The Hall–Kier alpha value is -0.900. The fourth-order valence-corrected chi connectivity index (χ4v) is 2.43. The molecule has 1 amide bonds. The lowest BCUT2D eigenvalue weighted by Crippen LogP contribution is -2.09. The van der Waals surface area contributed by atoms with Gasteiger partial charge in [0.2, 0.25) is 5.91 Å². The van der Waals surface area contributed by atoms with Gasteiger partial charge in [0.15, 0.2) is 0 Å². The van der Waals surface area contributed by atoms with Crippen LogP contribution in [0.15, 0.2) is 0 Å². The molecule has 0 atom stereocenters. The van der Waals surface area contributed by atoms with Crippen molar-refractivity contribution in [1.29, 1.82) is 0 Å². The fraction of sp³-hybridized carbons (Fsp3) is 0.556. The third kappa shape index (κ3) is 1.58. The minimum atomic E-state index is 0.0818. The Labute approximate surface area is 81.3 Å². The molecule has 13 heavy (non-hydrogen) atoms. The highest BCUT2D eigenvalue weighted by Gasteiger charge is 2.19. The van der Waals surface area contributed by atoms with Crippen molar-refractivity contribution in [3.63, 3.8) is 0 Å². The first-order valence-corrected chi connectivity index (χ1v) is 5.36. The van der Waals surface area contributed by atoms with Crippen LogP contribution in [-0.2, 0) is 17.6 Å². The highest BCUT2D eigenvalue weighted by atomic mass is 32.1. The predicted molar refractivity (Wildman–Crippen MR) is 53.1 cm³/mol. The normalized spacial score (nSPS) is 14.2. The van der Waals surface area contributed by atoms with Crippen LogP contribution in [0.25, 0.3) is 0 Å². The number of hydrogen-bond donors (Lipinski definition) is 1. The Morgan fingerprint density at radius 1 is 1.62 bits per heavy atom. The monoisotopic (exact) mass is 196 g/mol. The van der Waals surface area contributed by atoms with Crippen LogP contribution in [0.4, 0.5) is 5.00 Å². The number of fused-ring (bicyclic) bond motifs is 1. The van der Waals surface area contributed by atoms with E-state index in [0.717, 1.165) is 17.8 Å². The van der Waals surface area contributed by atoms with Gasteiger partial charge in [-0.3, -0.25) is 4.79 Å². The van der Waals surface area contributed by atoms with E-state index in [1.165, 1.54) is 29.2 Å². The molecule has 1 heterocycles. The number of anilines is 1. The Bertz CT molecular complexity index is 332. The maximum atomic E-state index is 11.1. The quantitative estimate of drug-likeness (QED) is 0.785. The third-order valence-electron chi connectivity index (χ3n) is 2.28. The summed E-state index contributed by atoms with van der Waals surface area (Å²) in [5.74, 6) is 0.0818. The van der Waals surface area contributed by atoms with E-state index < -0.39 is 0 Å². The summed E-state index contributed by atoms with van der Waals surface area (Å²) >= 11 is 1.41. The van der Waals surface area contributed by atoms with Gasteiger partial charge in [0.25, 0.3) is 0 Å². The molecule has 4 heteroatoms. The number of nitrogens with one attached hydrogen (secondary N) is 1. The van der Waals surface area contributed by atoms with E-state index in [9.17, 15) is 4.79 Å². The van der Waals surface area contributed by atoms with Crippen LogP contribution >= 0.6 is 11.5 Å². The first-order valence-electron chi connectivity index (χ1n) is 4.58. The average molecular weight is 196 g/mol. The summed E-state index contributed by atoms with van der Waals surface area (Å²) < 4.78 is 4.31. The SMILES string of the molecule is CCC(=O)Nc1snc2c1CCC2. The number of amides is 1. The van der Waals surface area contributed by atoms with Gasteiger partial charge in [0.1, 0.15) is 5.00 Å². The Morgan fingerprint density at radius 2 is 2.46 bits per heavy atom. The van der Waals surface area contributed by atoms with E-state index in [4.69, 9.17) is 0 Å². The van der Waals surface area contributed by atoms with Crippen LogP contribution in [0, 0.1) is 0 Å². The minimum absolute atomic E-state index is 0.0818. The van der Waals surface area contributed by atoms with Crippen molar-refractivity contribution in [2.24, 2.45) is 0 Å². The zero-order valence-corrected chi connectivity index (χ0v) is 8.41. The number of nitrogens with zero attached hydrogens (tertiary/aromatic N) is 1. The molecule has 2 rings (SSSR count). The molecule has 1 aliphatic carbocycles. The molecule has 1 aromatic heterocycles. The largest absolute Gasteiger partial charge is 0.316 e. The second-order valence-electron chi connectivity index (χ2n) is 3.19. The van der Waals surface area contributed by atoms with Gasteiger partial charge in [-0.2, -0.15) is 4.37 Å². The molecule has 3 nitrogen and oxygen atoms in total. The lowest BCUT2D eigenvalue weighted by molar-refractivity contribution is -0.115.